The van der Waals surface area contributed by atoms with Crippen LogP contribution in [0.5, 0.6) is 0 Å². The monoisotopic (exact) mass is 364 g/mol. The number of rotatable bonds is 2. The number of ether oxygens (including phenoxy) is 1. The molecule has 5 nitrogen and oxygen atoms in total. The summed E-state index contributed by atoms with van der Waals surface area (Å²) in [5.74, 6) is 1.12. The van der Waals surface area contributed by atoms with E-state index in [1.54, 1.807) is 12.3 Å². The molecule has 138 valence electrons. The number of pyridine rings is 1. The third-order valence-corrected chi connectivity index (χ3v) is 5.94. The molecule has 27 heavy (non-hydrogen) atoms. The average Bonchev–Trinajstić information content (AvgIpc) is 3.04. The Morgan fingerprint density at radius 1 is 1.26 bits per heavy atom. The van der Waals surface area contributed by atoms with E-state index < -0.39 is 6.17 Å². The van der Waals surface area contributed by atoms with Crippen molar-refractivity contribution in [3.8, 4) is 6.07 Å². The van der Waals surface area contributed by atoms with Crippen LogP contribution in [0.1, 0.15) is 56.0 Å². The smallest absolute Gasteiger partial charge is 0.113 e. The van der Waals surface area contributed by atoms with Crippen LogP contribution in [0.25, 0.3) is 21.9 Å². The molecule has 1 saturated heterocycles. The fraction of sp³-hybridized carbons (Fsp3) is 0.476. The van der Waals surface area contributed by atoms with E-state index in [0.29, 0.717) is 25.0 Å². The molecule has 0 N–H and O–H groups in total. The fourth-order valence-corrected chi connectivity index (χ4v) is 4.49. The van der Waals surface area contributed by atoms with Gasteiger partial charge in [-0.2, -0.15) is 5.26 Å². The average molecular weight is 364 g/mol. The summed E-state index contributed by atoms with van der Waals surface area (Å²) in [4.78, 5) is 9.42. The number of hydrogen-bond acceptors (Lipinski definition) is 4. The number of imidazole rings is 1. The van der Waals surface area contributed by atoms with Crippen molar-refractivity contribution in [1.82, 2.24) is 14.5 Å². The molecule has 5 rings (SSSR count). The first kappa shape index (κ1) is 16.6. The molecule has 2 atom stereocenters. The van der Waals surface area contributed by atoms with Gasteiger partial charge in [0.25, 0.3) is 0 Å². The van der Waals surface area contributed by atoms with Crippen LogP contribution in [-0.4, -0.2) is 33.4 Å². The summed E-state index contributed by atoms with van der Waals surface area (Å²) >= 11 is 0. The van der Waals surface area contributed by atoms with Gasteiger partial charge in [-0.25, -0.2) is 9.37 Å². The second-order valence-corrected chi connectivity index (χ2v) is 7.80. The number of nitrogens with zero attached hydrogens (tertiary/aromatic N) is 4. The quantitative estimate of drug-likeness (QED) is 0.676. The highest BCUT2D eigenvalue weighted by Gasteiger charge is 2.36. The molecule has 0 bridgehead atoms. The van der Waals surface area contributed by atoms with Gasteiger partial charge in [0.15, 0.2) is 0 Å². The zero-order chi connectivity index (χ0) is 18.5. The van der Waals surface area contributed by atoms with Gasteiger partial charge in [0.2, 0.25) is 0 Å². The molecule has 0 amide bonds. The number of fused-ring (bicyclic) bond motifs is 3. The van der Waals surface area contributed by atoms with Gasteiger partial charge in [-0.05, 0) is 50.8 Å². The number of hydrogen-bond donors (Lipinski definition) is 0. The van der Waals surface area contributed by atoms with Crippen LogP contribution in [-0.2, 0) is 4.74 Å². The van der Waals surface area contributed by atoms with E-state index in [1.807, 2.05) is 12.1 Å². The van der Waals surface area contributed by atoms with Crippen LogP contribution in [0.15, 0.2) is 24.4 Å². The molecule has 0 spiro atoms. The van der Waals surface area contributed by atoms with Gasteiger partial charge in [0.1, 0.15) is 17.5 Å². The van der Waals surface area contributed by atoms with Gasteiger partial charge in [-0.1, -0.05) is 0 Å². The minimum absolute atomic E-state index is 0.153. The number of aromatic nitrogens is 3. The molecule has 2 aromatic heterocycles. The van der Waals surface area contributed by atoms with Crippen LogP contribution < -0.4 is 0 Å². The summed E-state index contributed by atoms with van der Waals surface area (Å²) in [7, 11) is 0. The molecular formula is C21H21FN4O. The lowest BCUT2D eigenvalue weighted by atomic mass is 9.82. The maximum atomic E-state index is 13.6. The number of nitriles is 1. The Hall–Kier alpha value is -2.52. The molecule has 6 heteroatoms. The second-order valence-electron chi connectivity index (χ2n) is 7.80. The molecule has 3 aromatic rings. The summed E-state index contributed by atoms with van der Waals surface area (Å²) in [6.45, 7) is 2.81. The molecule has 2 fully saturated rings. The van der Waals surface area contributed by atoms with Crippen LogP contribution >= 0.6 is 0 Å². The van der Waals surface area contributed by atoms with Gasteiger partial charge in [-0.3, -0.25) is 4.98 Å². The first-order valence-corrected chi connectivity index (χ1v) is 9.60. The zero-order valence-corrected chi connectivity index (χ0v) is 15.2. The van der Waals surface area contributed by atoms with Crippen LogP contribution in [0, 0.1) is 11.3 Å². The summed E-state index contributed by atoms with van der Waals surface area (Å²) in [6, 6.07) is 8.06. The maximum absolute atomic E-state index is 13.6. The lowest BCUT2D eigenvalue weighted by Gasteiger charge is -2.34. The first-order chi connectivity index (χ1) is 13.1. The van der Waals surface area contributed by atoms with Crippen molar-refractivity contribution >= 4 is 21.9 Å². The van der Waals surface area contributed by atoms with E-state index in [1.165, 1.54) is 0 Å². The van der Waals surface area contributed by atoms with Crippen molar-refractivity contribution in [3.05, 3.63) is 35.8 Å². The Morgan fingerprint density at radius 3 is 2.85 bits per heavy atom. The predicted octanol–water partition coefficient (Wildman–Crippen LogP) is 4.41. The molecule has 1 aliphatic heterocycles. The third kappa shape index (κ3) is 2.69. The Kier molecular flexibility index (Phi) is 3.87. The molecule has 1 unspecified atom stereocenters. The Balaban J connectivity index is 1.77. The Morgan fingerprint density at radius 2 is 2.11 bits per heavy atom. The van der Waals surface area contributed by atoms with Crippen molar-refractivity contribution in [1.29, 1.82) is 5.26 Å². The predicted molar refractivity (Wildman–Crippen MR) is 100 cm³/mol. The van der Waals surface area contributed by atoms with Crippen molar-refractivity contribution in [3.63, 3.8) is 0 Å². The lowest BCUT2D eigenvalue weighted by Crippen LogP contribution is -2.30. The van der Waals surface area contributed by atoms with E-state index in [9.17, 15) is 9.65 Å². The van der Waals surface area contributed by atoms with Crippen LogP contribution in [0.3, 0.4) is 0 Å². The van der Waals surface area contributed by atoms with Crippen molar-refractivity contribution in [2.75, 3.05) is 6.61 Å². The molecule has 1 aliphatic carbocycles. The van der Waals surface area contributed by atoms with Gasteiger partial charge in [-0.15, -0.1) is 0 Å². The normalized spacial score (nSPS) is 28.2. The van der Waals surface area contributed by atoms with E-state index in [0.717, 1.165) is 40.6 Å². The van der Waals surface area contributed by atoms with Crippen molar-refractivity contribution in [2.45, 2.75) is 56.8 Å². The van der Waals surface area contributed by atoms with Gasteiger partial charge >= 0.3 is 0 Å². The molecule has 1 saturated carbocycles. The summed E-state index contributed by atoms with van der Waals surface area (Å²) < 4.78 is 21.7. The lowest BCUT2D eigenvalue weighted by molar-refractivity contribution is 0.00547. The number of benzene rings is 1. The Bertz CT molecular complexity index is 1060. The van der Waals surface area contributed by atoms with Crippen LogP contribution in [0.2, 0.25) is 0 Å². The summed E-state index contributed by atoms with van der Waals surface area (Å²) in [6.07, 6.45) is 4.16. The highest BCUT2D eigenvalue weighted by Crippen LogP contribution is 2.43. The summed E-state index contributed by atoms with van der Waals surface area (Å²) in [5.41, 5.74) is 3.31. The standard InChI is InChI=1S/C21H21FN4O/c1-12-6-16(4-5-27-12)26-20-17-7-13(10-23)2-3-18(17)24-11-19(20)25-21(26)14-8-15(22)9-14/h2-3,7,11-12,14-16H,4-6,8-9H2,1H3/t12-,14?,15?,16?/m1/s1. The SMILES string of the molecule is C[C@@H]1CC(n2c(C3CC(F)C3)nc3cnc4ccc(C#N)cc4c32)CCO1. The Labute approximate surface area is 156 Å². The van der Waals surface area contributed by atoms with E-state index >= 15 is 0 Å². The number of alkyl halides is 1. The molecule has 2 aliphatic rings. The summed E-state index contributed by atoms with van der Waals surface area (Å²) in [5, 5.41) is 10.3. The molecule has 1 aromatic carbocycles. The van der Waals surface area contributed by atoms with E-state index in [-0.39, 0.29) is 18.1 Å². The zero-order valence-electron chi connectivity index (χ0n) is 15.2. The molecular weight excluding hydrogens is 343 g/mol. The number of halogens is 1. The van der Waals surface area contributed by atoms with Gasteiger partial charge in [0, 0.05) is 24.0 Å². The van der Waals surface area contributed by atoms with Crippen molar-refractivity contribution in [2.24, 2.45) is 0 Å². The van der Waals surface area contributed by atoms with Gasteiger partial charge in [0.05, 0.1) is 35.0 Å². The minimum atomic E-state index is -0.725. The first-order valence-electron chi connectivity index (χ1n) is 9.60. The third-order valence-electron chi connectivity index (χ3n) is 5.94. The molecule has 0 radical (unpaired) electrons. The highest BCUT2D eigenvalue weighted by molar-refractivity contribution is 6.03. The topological polar surface area (TPSA) is 63.7 Å². The second kappa shape index (κ2) is 6.28. The highest BCUT2D eigenvalue weighted by atomic mass is 19.1. The minimum Gasteiger partial charge on any atom is -0.378 e. The van der Waals surface area contributed by atoms with E-state index in [4.69, 9.17) is 9.72 Å². The van der Waals surface area contributed by atoms with Gasteiger partial charge < -0.3 is 9.30 Å². The maximum Gasteiger partial charge on any atom is 0.113 e. The fourth-order valence-electron chi connectivity index (χ4n) is 4.49. The molecule has 3 heterocycles. The largest absolute Gasteiger partial charge is 0.378 e. The van der Waals surface area contributed by atoms with E-state index in [2.05, 4.69) is 22.5 Å². The van der Waals surface area contributed by atoms with Crippen LogP contribution in [0.4, 0.5) is 4.39 Å². The van der Waals surface area contributed by atoms with Crippen molar-refractivity contribution < 1.29 is 9.13 Å².